The smallest absolute Gasteiger partial charge is 0.416 e. The van der Waals surface area contributed by atoms with Gasteiger partial charge in [-0.3, -0.25) is 14.9 Å². The predicted octanol–water partition coefficient (Wildman–Crippen LogP) is 6.37. The van der Waals surface area contributed by atoms with Crippen molar-refractivity contribution in [3.8, 4) is 5.75 Å². The number of hydrogen-bond donors (Lipinski definition) is 1. The molecule has 0 bridgehead atoms. The van der Waals surface area contributed by atoms with Crippen LogP contribution in [0.15, 0.2) is 41.3 Å². The molecule has 0 unspecified atom stereocenters. The maximum Gasteiger partial charge on any atom is 0.416 e. The first kappa shape index (κ1) is 23.1. The molecule has 0 radical (unpaired) electrons. The van der Waals surface area contributed by atoms with E-state index >= 15 is 0 Å². The van der Waals surface area contributed by atoms with Gasteiger partial charge in [-0.2, -0.15) is 13.2 Å². The fraction of sp³-hybridized carbons (Fsp3) is 0.200. The topological polar surface area (TPSA) is 55.4 Å². The molecule has 3 rings (SSSR count). The van der Waals surface area contributed by atoms with E-state index in [0.717, 1.165) is 12.1 Å². The van der Waals surface area contributed by atoms with E-state index < -0.39 is 41.0 Å². The van der Waals surface area contributed by atoms with Crippen molar-refractivity contribution < 1.29 is 36.3 Å². The number of rotatable bonds is 5. The third-order valence-electron chi connectivity index (χ3n) is 4.22. The van der Waals surface area contributed by atoms with E-state index in [-0.39, 0.29) is 21.2 Å². The lowest BCUT2D eigenvalue weighted by atomic mass is 10.0. The number of amides is 2. The van der Waals surface area contributed by atoms with Crippen molar-refractivity contribution in [3.05, 3.63) is 68.6 Å². The predicted molar refractivity (Wildman–Crippen MR) is 106 cm³/mol. The van der Waals surface area contributed by atoms with E-state index in [2.05, 4.69) is 5.32 Å². The number of nitrogens with one attached hydrogen (secondary N) is 1. The average Bonchev–Trinajstić information content (AvgIpc) is 2.97. The number of benzene rings is 2. The zero-order valence-corrected chi connectivity index (χ0v) is 17.2. The number of ether oxygens (including phenoxy) is 1. The maximum absolute atomic E-state index is 13.4. The molecule has 2 aromatic rings. The van der Waals surface area contributed by atoms with Crippen LogP contribution in [0.2, 0.25) is 5.02 Å². The number of halogens is 6. The highest BCUT2D eigenvalue weighted by molar-refractivity contribution is 8.18. The van der Waals surface area contributed by atoms with Gasteiger partial charge in [-0.05, 0) is 47.7 Å². The molecular weight excluding hydrogens is 465 g/mol. The number of alkyl halides is 5. The first-order valence-corrected chi connectivity index (χ1v) is 9.79. The van der Waals surface area contributed by atoms with E-state index in [0.29, 0.717) is 30.3 Å². The van der Waals surface area contributed by atoms with E-state index in [1.54, 1.807) is 0 Å². The molecule has 0 aliphatic carbocycles. The summed E-state index contributed by atoms with van der Waals surface area (Å²) in [6.45, 7) is -0.0188. The summed E-state index contributed by atoms with van der Waals surface area (Å²) < 4.78 is 72.2. The molecule has 164 valence electrons. The first-order valence-electron chi connectivity index (χ1n) is 8.60. The summed E-state index contributed by atoms with van der Waals surface area (Å²) in [5.41, 5.74) is -1.89. The van der Waals surface area contributed by atoms with E-state index in [4.69, 9.17) is 16.3 Å². The monoisotopic (exact) mass is 477 g/mol. The summed E-state index contributed by atoms with van der Waals surface area (Å²) in [5.74, 6) is -3.85. The number of carbonyl (C=O) groups excluding carboxylic acids is 2. The van der Waals surface area contributed by atoms with Crippen molar-refractivity contribution in [1.82, 2.24) is 5.32 Å². The number of thioether (sulfide) groups is 1. The molecular formula is C20H13ClF5NO3S. The van der Waals surface area contributed by atoms with Gasteiger partial charge in [0.05, 0.1) is 15.5 Å². The summed E-state index contributed by atoms with van der Waals surface area (Å²) in [6, 6.07) is 6.48. The van der Waals surface area contributed by atoms with Crippen molar-refractivity contribution in [3.63, 3.8) is 0 Å². The second-order valence-electron chi connectivity index (χ2n) is 6.58. The molecule has 1 heterocycles. The molecule has 1 aliphatic heterocycles. The average molecular weight is 478 g/mol. The van der Waals surface area contributed by atoms with Gasteiger partial charge in [-0.15, -0.1) is 0 Å². The second kappa shape index (κ2) is 8.51. The van der Waals surface area contributed by atoms with Crippen LogP contribution in [0.25, 0.3) is 6.08 Å². The van der Waals surface area contributed by atoms with Crippen LogP contribution < -0.4 is 10.1 Å². The fourth-order valence-corrected chi connectivity index (χ4v) is 3.58. The summed E-state index contributed by atoms with van der Waals surface area (Å²) in [6.07, 6.45) is -3.45. The Labute approximate surface area is 182 Å². The highest BCUT2D eigenvalue weighted by Crippen LogP contribution is 2.37. The van der Waals surface area contributed by atoms with Crippen LogP contribution in [-0.4, -0.2) is 11.1 Å². The van der Waals surface area contributed by atoms with Gasteiger partial charge in [-0.25, -0.2) is 8.78 Å². The number of carbonyl (C=O) groups is 2. The van der Waals surface area contributed by atoms with Crippen LogP contribution in [0.5, 0.6) is 5.75 Å². The van der Waals surface area contributed by atoms with Crippen molar-refractivity contribution >= 4 is 40.6 Å². The lowest BCUT2D eigenvalue weighted by Crippen LogP contribution is -2.17. The van der Waals surface area contributed by atoms with Gasteiger partial charge < -0.3 is 4.74 Å². The third kappa shape index (κ3) is 5.56. The summed E-state index contributed by atoms with van der Waals surface area (Å²) in [7, 11) is 0. The molecule has 4 nitrogen and oxygen atoms in total. The third-order valence-corrected chi connectivity index (χ3v) is 5.35. The Morgan fingerprint density at radius 1 is 1.10 bits per heavy atom. The molecule has 0 aromatic heterocycles. The Morgan fingerprint density at radius 3 is 2.35 bits per heavy atom. The molecule has 2 aromatic carbocycles. The summed E-state index contributed by atoms with van der Waals surface area (Å²) in [4.78, 5) is 22.9. The van der Waals surface area contributed by atoms with E-state index in [1.165, 1.54) is 24.3 Å². The fourth-order valence-electron chi connectivity index (χ4n) is 2.68. The zero-order chi connectivity index (χ0) is 23.0. The minimum atomic E-state index is -4.84. The summed E-state index contributed by atoms with van der Waals surface area (Å²) >= 11 is 6.84. The molecule has 1 saturated heterocycles. The van der Waals surface area contributed by atoms with Crippen LogP contribution in [0.1, 0.15) is 29.2 Å². The van der Waals surface area contributed by atoms with Crippen LogP contribution in [0.4, 0.5) is 26.7 Å². The normalized spacial score (nSPS) is 16.0. The Morgan fingerprint density at radius 2 is 1.81 bits per heavy atom. The van der Waals surface area contributed by atoms with Gasteiger partial charge in [0.15, 0.2) is 0 Å². The molecule has 1 aliphatic rings. The molecule has 0 saturated carbocycles. The van der Waals surface area contributed by atoms with Gasteiger partial charge in [0.2, 0.25) is 0 Å². The molecule has 31 heavy (non-hydrogen) atoms. The second-order valence-corrected chi connectivity index (χ2v) is 8.00. The largest absolute Gasteiger partial charge is 0.489 e. The standard InChI is InChI=1S/C20H13ClF5NO3S/c1-19(22,23)12-4-2-11(14(7-12)20(24,25)26)9-30-13-5-3-10(15(21)8-13)6-16-17(28)27-18(29)31-16/h2-8H,9H2,1H3,(H,27,28,29)/b16-6-. The molecule has 11 heteroatoms. The molecule has 1 N–H and O–H groups in total. The minimum absolute atomic E-state index is 0.129. The van der Waals surface area contributed by atoms with Crippen LogP contribution in [0.3, 0.4) is 0 Å². The van der Waals surface area contributed by atoms with E-state index in [1.807, 2.05) is 0 Å². The number of hydrogen-bond acceptors (Lipinski definition) is 4. The van der Waals surface area contributed by atoms with Gasteiger partial charge in [0.1, 0.15) is 12.4 Å². The van der Waals surface area contributed by atoms with Gasteiger partial charge in [0, 0.05) is 18.1 Å². The highest BCUT2D eigenvalue weighted by atomic mass is 35.5. The Kier molecular flexibility index (Phi) is 6.33. The molecule has 1 fully saturated rings. The molecule has 0 spiro atoms. The maximum atomic E-state index is 13.4. The Balaban J connectivity index is 1.80. The van der Waals surface area contributed by atoms with Crippen LogP contribution in [0, 0.1) is 0 Å². The quantitative estimate of drug-likeness (QED) is 0.401. The lowest BCUT2D eigenvalue weighted by molar-refractivity contribution is -0.138. The molecule has 2 amide bonds. The zero-order valence-electron chi connectivity index (χ0n) is 15.6. The highest BCUT2D eigenvalue weighted by Gasteiger charge is 2.36. The van der Waals surface area contributed by atoms with Gasteiger partial charge >= 0.3 is 6.18 Å². The Hall–Kier alpha value is -2.59. The van der Waals surface area contributed by atoms with Gasteiger partial charge in [0.25, 0.3) is 17.1 Å². The van der Waals surface area contributed by atoms with Crippen molar-refractivity contribution in [1.29, 1.82) is 0 Å². The van der Waals surface area contributed by atoms with Crippen LogP contribution in [-0.2, 0) is 23.5 Å². The molecule has 0 atom stereocenters. The van der Waals surface area contributed by atoms with Crippen LogP contribution >= 0.6 is 23.4 Å². The summed E-state index contributed by atoms with van der Waals surface area (Å²) in [5, 5.41) is 1.72. The van der Waals surface area contributed by atoms with Crippen molar-refractivity contribution in [2.75, 3.05) is 0 Å². The number of imide groups is 1. The van der Waals surface area contributed by atoms with Crippen molar-refractivity contribution in [2.45, 2.75) is 25.6 Å². The SMILES string of the molecule is CC(F)(F)c1ccc(COc2ccc(/C=C3\SC(=O)NC3=O)c(Cl)c2)c(C(F)(F)F)c1. The first-order chi connectivity index (χ1) is 14.3. The lowest BCUT2D eigenvalue weighted by Gasteiger charge is -2.18. The Bertz CT molecular complexity index is 1080. The van der Waals surface area contributed by atoms with Gasteiger partial charge in [-0.1, -0.05) is 23.7 Å². The van der Waals surface area contributed by atoms with Crippen molar-refractivity contribution in [2.24, 2.45) is 0 Å². The van der Waals surface area contributed by atoms with E-state index in [9.17, 15) is 31.5 Å². The minimum Gasteiger partial charge on any atom is -0.489 e.